The number of aliphatic carboxylic acids is 1. The smallest absolute Gasteiger partial charge is 0.331 e. The van der Waals surface area contributed by atoms with Crippen molar-refractivity contribution in [1.82, 2.24) is 0 Å². The molecule has 0 bridgehead atoms. The second kappa shape index (κ2) is 7.26. The van der Waals surface area contributed by atoms with Gasteiger partial charge in [0.05, 0.1) is 14.2 Å². The van der Waals surface area contributed by atoms with E-state index in [4.69, 9.17) is 14.6 Å². The van der Waals surface area contributed by atoms with Crippen LogP contribution in [0.25, 0.3) is 6.08 Å². The molecule has 0 saturated heterocycles. The number of hydrogen-bond acceptors (Lipinski definition) is 3. The van der Waals surface area contributed by atoms with Crippen molar-refractivity contribution in [2.24, 2.45) is 0 Å². The lowest BCUT2D eigenvalue weighted by molar-refractivity contribution is -0.132. The van der Waals surface area contributed by atoms with Gasteiger partial charge in [0.15, 0.2) is 11.5 Å². The Labute approximate surface area is 113 Å². The molecule has 0 atom stereocenters. The topological polar surface area (TPSA) is 55.8 Å². The molecule has 0 saturated carbocycles. The molecular formula is C15H18O4. The molecule has 1 N–H and O–H groups in total. The van der Waals surface area contributed by atoms with Gasteiger partial charge in [0.2, 0.25) is 0 Å². The van der Waals surface area contributed by atoms with Crippen LogP contribution in [0.5, 0.6) is 11.5 Å². The van der Waals surface area contributed by atoms with Gasteiger partial charge in [0.25, 0.3) is 0 Å². The molecular weight excluding hydrogens is 244 g/mol. The van der Waals surface area contributed by atoms with Gasteiger partial charge in [0, 0.05) is 5.57 Å². The van der Waals surface area contributed by atoms with E-state index >= 15 is 0 Å². The van der Waals surface area contributed by atoms with Crippen LogP contribution in [0.3, 0.4) is 0 Å². The lowest BCUT2D eigenvalue weighted by Gasteiger charge is -2.07. The number of benzene rings is 1. The van der Waals surface area contributed by atoms with E-state index in [9.17, 15) is 4.79 Å². The minimum Gasteiger partial charge on any atom is -0.493 e. The molecule has 0 aliphatic heterocycles. The molecule has 1 aromatic rings. The highest BCUT2D eigenvalue weighted by Crippen LogP contribution is 2.27. The number of methoxy groups -OCH3 is 2. The molecule has 4 nitrogen and oxygen atoms in total. The van der Waals surface area contributed by atoms with Crippen molar-refractivity contribution in [3.8, 4) is 11.5 Å². The molecule has 0 fully saturated rings. The van der Waals surface area contributed by atoms with Gasteiger partial charge >= 0.3 is 5.97 Å². The third kappa shape index (κ3) is 4.17. The number of carboxylic acids is 1. The van der Waals surface area contributed by atoms with Crippen molar-refractivity contribution < 1.29 is 19.4 Å². The van der Waals surface area contributed by atoms with Gasteiger partial charge in [-0.2, -0.15) is 0 Å². The zero-order valence-corrected chi connectivity index (χ0v) is 11.3. The van der Waals surface area contributed by atoms with E-state index < -0.39 is 5.97 Å². The normalized spacial score (nSPS) is 11.6. The maximum Gasteiger partial charge on any atom is 0.331 e. The summed E-state index contributed by atoms with van der Waals surface area (Å²) in [6.45, 7) is 1.81. The molecule has 0 heterocycles. The fourth-order valence-electron chi connectivity index (χ4n) is 1.57. The fourth-order valence-corrected chi connectivity index (χ4v) is 1.57. The number of allylic oxidation sites excluding steroid dienone is 2. The van der Waals surface area contributed by atoms with Crippen LogP contribution in [-0.4, -0.2) is 25.3 Å². The molecule has 0 aliphatic rings. The summed E-state index contributed by atoms with van der Waals surface area (Å²) in [7, 11) is 3.15. The van der Waals surface area contributed by atoms with Crippen LogP contribution in [0.4, 0.5) is 0 Å². The van der Waals surface area contributed by atoms with Gasteiger partial charge < -0.3 is 14.6 Å². The third-order valence-corrected chi connectivity index (χ3v) is 2.65. The lowest BCUT2D eigenvalue weighted by Crippen LogP contribution is -1.97. The first-order chi connectivity index (χ1) is 9.12. The molecule has 0 amide bonds. The van der Waals surface area contributed by atoms with Crippen LogP contribution < -0.4 is 9.47 Å². The van der Waals surface area contributed by atoms with Crippen molar-refractivity contribution in [2.75, 3.05) is 14.2 Å². The number of rotatable bonds is 6. The molecule has 19 heavy (non-hydrogen) atoms. The molecule has 1 aromatic carbocycles. The summed E-state index contributed by atoms with van der Waals surface area (Å²) < 4.78 is 10.3. The van der Waals surface area contributed by atoms with Crippen LogP contribution in [-0.2, 0) is 4.79 Å². The fraction of sp³-hybridized carbons (Fsp3) is 0.267. The summed E-state index contributed by atoms with van der Waals surface area (Å²) in [5.41, 5.74) is 1.28. The predicted octanol–water partition coefficient (Wildman–Crippen LogP) is 3.14. The van der Waals surface area contributed by atoms with Crippen molar-refractivity contribution in [3.63, 3.8) is 0 Å². The second-order valence-corrected chi connectivity index (χ2v) is 3.82. The Hall–Kier alpha value is -2.23. The van der Waals surface area contributed by atoms with E-state index in [1.807, 2.05) is 25.1 Å². The summed E-state index contributed by atoms with van der Waals surface area (Å²) >= 11 is 0. The molecule has 0 aromatic heterocycles. The quantitative estimate of drug-likeness (QED) is 0.632. The van der Waals surface area contributed by atoms with Gasteiger partial charge in [0.1, 0.15) is 0 Å². The summed E-state index contributed by atoms with van der Waals surface area (Å²) in [5.74, 6) is 0.414. The average Bonchev–Trinajstić information content (AvgIpc) is 2.42. The van der Waals surface area contributed by atoms with E-state index in [1.165, 1.54) is 0 Å². The van der Waals surface area contributed by atoms with Crippen LogP contribution in [0.1, 0.15) is 18.9 Å². The molecule has 4 heteroatoms. The van der Waals surface area contributed by atoms with E-state index in [-0.39, 0.29) is 0 Å². The molecule has 102 valence electrons. The van der Waals surface area contributed by atoms with E-state index in [1.54, 1.807) is 32.4 Å². The minimum atomic E-state index is -0.889. The van der Waals surface area contributed by atoms with Crippen molar-refractivity contribution >= 4 is 12.0 Å². The van der Waals surface area contributed by atoms with Gasteiger partial charge in [-0.3, -0.25) is 0 Å². The Morgan fingerprint density at radius 2 is 1.95 bits per heavy atom. The number of ether oxygens (including phenoxy) is 2. The molecule has 0 radical (unpaired) electrons. The molecule has 1 rings (SSSR count). The highest BCUT2D eigenvalue weighted by molar-refractivity contribution is 5.87. The van der Waals surface area contributed by atoms with Gasteiger partial charge in [-0.05, 0) is 24.1 Å². The third-order valence-electron chi connectivity index (χ3n) is 2.65. The number of carbonyl (C=O) groups is 1. The lowest BCUT2D eigenvalue weighted by atomic mass is 10.1. The zero-order chi connectivity index (χ0) is 14.3. The Bertz CT molecular complexity index is 501. The monoisotopic (exact) mass is 262 g/mol. The highest BCUT2D eigenvalue weighted by atomic mass is 16.5. The Kier molecular flexibility index (Phi) is 5.67. The van der Waals surface area contributed by atoms with Crippen LogP contribution in [0.15, 0.2) is 35.9 Å². The van der Waals surface area contributed by atoms with Crippen LogP contribution in [0, 0.1) is 0 Å². The Balaban J connectivity index is 2.91. The van der Waals surface area contributed by atoms with Crippen LogP contribution >= 0.6 is 0 Å². The molecule has 0 unspecified atom stereocenters. The maximum atomic E-state index is 10.8. The second-order valence-electron chi connectivity index (χ2n) is 3.82. The molecule has 0 spiro atoms. The SMILES string of the molecule is CC/C(=C\C=C\c1ccc(OC)c(OC)c1)C(=O)O. The van der Waals surface area contributed by atoms with E-state index in [0.29, 0.717) is 23.5 Å². The van der Waals surface area contributed by atoms with E-state index in [0.717, 1.165) is 5.56 Å². The summed E-state index contributed by atoms with van der Waals surface area (Å²) in [6, 6.07) is 5.51. The zero-order valence-electron chi connectivity index (χ0n) is 11.3. The van der Waals surface area contributed by atoms with E-state index in [2.05, 4.69) is 0 Å². The average molecular weight is 262 g/mol. The summed E-state index contributed by atoms with van der Waals surface area (Å²) in [6.07, 6.45) is 5.62. The first kappa shape index (κ1) is 14.8. The summed E-state index contributed by atoms with van der Waals surface area (Å²) in [4.78, 5) is 10.8. The number of carboxylic acid groups (broad SMARTS) is 1. The minimum absolute atomic E-state index is 0.372. The number of hydrogen-bond donors (Lipinski definition) is 1. The predicted molar refractivity (Wildman–Crippen MR) is 74.6 cm³/mol. The molecule has 0 aliphatic carbocycles. The van der Waals surface area contributed by atoms with Gasteiger partial charge in [-0.15, -0.1) is 0 Å². The van der Waals surface area contributed by atoms with Crippen molar-refractivity contribution in [2.45, 2.75) is 13.3 Å². The maximum absolute atomic E-state index is 10.8. The summed E-state index contributed by atoms with van der Waals surface area (Å²) in [5, 5.41) is 8.88. The van der Waals surface area contributed by atoms with Gasteiger partial charge in [-0.25, -0.2) is 4.79 Å². The van der Waals surface area contributed by atoms with Gasteiger partial charge in [-0.1, -0.05) is 31.2 Å². The van der Waals surface area contributed by atoms with Crippen LogP contribution in [0.2, 0.25) is 0 Å². The first-order valence-electron chi connectivity index (χ1n) is 5.95. The van der Waals surface area contributed by atoms with Crippen molar-refractivity contribution in [3.05, 3.63) is 41.5 Å². The largest absolute Gasteiger partial charge is 0.493 e. The Morgan fingerprint density at radius 3 is 2.47 bits per heavy atom. The highest BCUT2D eigenvalue weighted by Gasteiger charge is 2.03. The first-order valence-corrected chi connectivity index (χ1v) is 5.95. The Morgan fingerprint density at radius 1 is 1.26 bits per heavy atom. The standard InChI is InChI=1S/C15H18O4/c1-4-12(15(16)17)7-5-6-11-8-9-13(18-2)14(10-11)19-3/h5-10H,4H2,1-3H3,(H,16,17)/b6-5+,12-7+. The van der Waals surface area contributed by atoms with Crippen molar-refractivity contribution in [1.29, 1.82) is 0 Å².